The molecule has 8 heteroatoms. The zero-order chi connectivity index (χ0) is 12.3. The number of hydrogen-bond donors (Lipinski definition) is 0. The van der Waals surface area contributed by atoms with Gasteiger partial charge in [-0.3, -0.25) is 0 Å². The topological polar surface area (TPSA) is 43.4 Å². The molecule has 0 atom stereocenters. The number of benzene rings is 1. The SMILES string of the molecule is O=S(=O)(OCl)c1ccc(C(F)=C(F)F)cc1. The number of hydrogen-bond acceptors (Lipinski definition) is 3. The summed E-state index contributed by atoms with van der Waals surface area (Å²) in [5.41, 5.74) is -0.437. The van der Waals surface area contributed by atoms with Gasteiger partial charge in [-0.25, -0.2) is 4.39 Å². The summed E-state index contributed by atoms with van der Waals surface area (Å²) >= 11 is 4.69. The molecule has 0 aromatic heterocycles. The lowest BCUT2D eigenvalue weighted by molar-refractivity contribution is 0.410. The van der Waals surface area contributed by atoms with E-state index in [2.05, 4.69) is 15.6 Å². The summed E-state index contributed by atoms with van der Waals surface area (Å²) in [6.45, 7) is 0. The maximum absolute atomic E-state index is 12.7. The highest BCUT2D eigenvalue weighted by molar-refractivity contribution is 7.87. The third kappa shape index (κ3) is 2.75. The van der Waals surface area contributed by atoms with Crippen molar-refractivity contribution in [2.45, 2.75) is 4.90 Å². The molecule has 3 nitrogen and oxygen atoms in total. The van der Waals surface area contributed by atoms with Gasteiger partial charge in [-0.05, 0) is 12.1 Å². The normalized spacial score (nSPS) is 11.2. The van der Waals surface area contributed by atoms with Crippen LogP contribution in [0.1, 0.15) is 5.56 Å². The lowest BCUT2D eigenvalue weighted by Gasteiger charge is -2.00. The van der Waals surface area contributed by atoms with E-state index >= 15 is 0 Å². The summed E-state index contributed by atoms with van der Waals surface area (Å²) in [5.74, 6) is -1.71. The third-order valence-corrected chi connectivity index (χ3v) is 3.16. The first-order valence-corrected chi connectivity index (χ1v) is 5.46. The summed E-state index contributed by atoms with van der Waals surface area (Å²) in [6, 6.07) is 3.54. The van der Waals surface area contributed by atoms with E-state index in [-0.39, 0.29) is 4.90 Å². The Morgan fingerprint density at radius 3 is 2.00 bits per heavy atom. The van der Waals surface area contributed by atoms with Crippen molar-refractivity contribution in [3.63, 3.8) is 0 Å². The predicted octanol–water partition coefficient (Wildman–Crippen LogP) is 3.08. The smallest absolute Gasteiger partial charge is 0.200 e. The molecule has 0 bridgehead atoms. The fraction of sp³-hybridized carbons (Fsp3) is 0. The van der Waals surface area contributed by atoms with Crippen LogP contribution in [0.5, 0.6) is 0 Å². The average molecular weight is 273 g/mol. The van der Waals surface area contributed by atoms with Crippen molar-refractivity contribution in [1.29, 1.82) is 0 Å². The van der Waals surface area contributed by atoms with Crippen molar-refractivity contribution >= 4 is 27.8 Å². The van der Waals surface area contributed by atoms with Gasteiger partial charge in [0.05, 0.1) is 16.8 Å². The number of rotatable bonds is 3. The van der Waals surface area contributed by atoms with Gasteiger partial charge in [0.1, 0.15) is 0 Å². The Labute approximate surface area is 94.4 Å². The molecule has 0 spiro atoms. The van der Waals surface area contributed by atoms with Crippen LogP contribution in [0, 0.1) is 0 Å². The molecule has 88 valence electrons. The van der Waals surface area contributed by atoms with Gasteiger partial charge in [0.2, 0.25) is 0 Å². The van der Waals surface area contributed by atoms with Crippen LogP contribution in [0.4, 0.5) is 13.2 Å². The van der Waals surface area contributed by atoms with Gasteiger partial charge in [0.25, 0.3) is 0 Å². The van der Waals surface area contributed by atoms with Crippen LogP contribution in [0.15, 0.2) is 35.2 Å². The van der Waals surface area contributed by atoms with Crippen LogP contribution in [-0.2, 0) is 13.9 Å². The van der Waals surface area contributed by atoms with Crippen molar-refractivity contribution in [3.05, 3.63) is 35.9 Å². The zero-order valence-electron chi connectivity index (χ0n) is 7.45. The molecule has 0 saturated heterocycles. The molecule has 0 radical (unpaired) electrons. The van der Waals surface area contributed by atoms with Gasteiger partial charge in [-0.2, -0.15) is 20.9 Å². The molecule has 0 heterocycles. The lowest BCUT2D eigenvalue weighted by atomic mass is 10.2. The fourth-order valence-electron chi connectivity index (χ4n) is 0.913. The molecule has 0 aliphatic rings. The first-order valence-electron chi connectivity index (χ1n) is 3.75. The maximum Gasteiger partial charge on any atom is 0.312 e. The van der Waals surface area contributed by atoms with E-state index in [9.17, 15) is 21.6 Å². The van der Waals surface area contributed by atoms with E-state index in [0.29, 0.717) is 0 Å². The average Bonchev–Trinajstić information content (AvgIpc) is 2.28. The van der Waals surface area contributed by atoms with E-state index < -0.39 is 27.6 Å². The summed E-state index contributed by atoms with van der Waals surface area (Å²) < 4.78 is 62.1. The van der Waals surface area contributed by atoms with Crippen molar-refractivity contribution in [2.75, 3.05) is 0 Å². The summed E-state index contributed by atoms with van der Waals surface area (Å²) in [4.78, 5) is -0.363. The molecule has 0 N–H and O–H groups in total. The minimum Gasteiger partial charge on any atom is -0.200 e. The molecule has 0 aliphatic carbocycles. The second-order valence-electron chi connectivity index (χ2n) is 2.62. The number of halogens is 4. The van der Waals surface area contributed by atoms with E-state index in [1.54, 1.807) is 0 Å². The van der Waals surface area contributed by atoms with Crippen LogP contribution in [0.25, 0.3) is 5.83 Å². The summed E-state index contributed by atoms with van der Waals surface area (Å²) in [6.07, 6.45) is -2.48. The second-order valence-corrected chi connectivity index (χ2v) is 4.50. The van der Waals surface area contributed by atoms with Crippen molar-refractivity contribution in [2.24, 2.45) is 0 Å². The van der Waals surface area contributed by atoms with E-state index in [1.807, 2.05) is 0 Å². The van der Waals surface area contributed by atoms with E-state index in [4.69, 9.17) is 0 Å². The molecule has 1 aromatic rings. The van der Waals surface area contributed by atoms with Crippen molar-refractivity contribution in [1.82, 2.24) is 0 Å². The molecule has 0 fully saturated rings. The predicted molar refractivity (Wildman–Crippen MR) is 50.8 cm³/mol. The molecule has 1 aromatic carbocycles. The largest absolute Gasteiger partial charge is 0.312 e. The Hall–Kier alpha value is -1.05. The second kappa shape index (κ2) is 4.86. The minimum absolute atomic E-state index is 0.363. The third-order valence-electron chi connectivity index (χ3n) is 1.65. The Morgan fingerprint density at radius 1 is 1.12 bits per heavy atom. The first kappa shape index (κ1) is 13.0. The van der Waals surface area contributed by atoms with Gasteiger partial charge in [0, 0.05) is 5.56 Å². The lowest BCUT2D eigenvalue weighted by Crippen LogP contribution is -1.99. The summed E-state index contributed by atoms with van der Waals surface area (Å²) in [5, 5.41) is 0. The molecular formula is C8H4ClF3O3S. The van der Waals surface area contributed by atoms with Crippen LogP contribution in [0.3, 0.4) is 0 Å². The van der Waals surface area contributed by atoms with Gasteiger partial charge in [0.15, 0.2) is 5.83 Å². The van der Waals surface area contributed by atoms with Crippen LogP contribution in [0.2, 0.25) is 0 Å². The molecule has 1 rings (SSSR count). The van der Waals surface area contributed by atoms with E-state index in [0.717, 1.165) is 24.3 Å². The zero-order valence-corrected chi connectivity index (χ0v) is 9.03. The van der Waals surface area contributed by atoms with Crippen LogP contribution in [-0.4, -0.2) is 8.42 Å². The highest BCUT2D eigenvalue weighted by atomic mass is 35.5. The van der Waals surface area contributed by atoms with Crippen LogP contribution >= 0.6 is 11.9 Å². The standard InChI is InChI=1S/C8H4ClF3O3S/c9-15-16(13,14)6-3-1-5(2-4-6)7(10)8(11)12/h1-4H. The Morgan fingerprint density at radius 2 is 1.62 bits per heavy atom. The molecule has 0 saturated carbocycles. The molecule has 0 unspecified atom stereocenters. The Kier molecular flexibility index (Phi) is 3.95. The van der Waals surface area contributed by atoms with Crippen LogP contribution < -0.4 is 0 Å². The van der Waals surface area contributed by atoms with Gasteiger partial charge in [-0.1, -0.05) is 12.1 Å². The summed E-state index contributed by atoms with van der Waals surface area (Å²) in [7, 11) is -4.12. The fourth-order valence-corrected chi connectivity index (χ4v) is 1.67. The maximum atomic E-state index is 12.7. The molecule has 0 aliphatic heterocycles. The minimum atomic E-state index is -4.12. The molecule has 16 heavy (non-hydrogen) atoms. The van der Waals surface area contributed by atoms with Gasteiger partial charge < -0.3 is 0 Å². The first-order chi connectivity index (χ1) is 7.38. The van der Waals surface area contributed by atoms with Crippen molar-refractivity contribution in [3.8, 4) is 0 Å². The van der Waals surface area contributed by atoms with Crippen molar-refractivity contribution < 1.29 is 25.3 Å². The Bertz CT molecular complexity index is 506. The Balaban J connectivity index is 3.16. The molecular weight excluding hydrogens is 269 g/mol. The molecule has 0 amide bonds. The highest BCUT2D eigenvalue weighted by Crippen LogP contribution is 2.24. The van der Waals surface area contributed by atoms with E-state index in [1.165, 1.54) is 0 Å². The highest BCUT2D eigenvalue weighted by Gasteiger charge is 2.15. The van der Waals surface area contributed by atoms with Gasteiger partial charge in [-0.15, -0.1) is 0 Å². The van der Waals surface area contributed by atoms with Gasteiger partial charge >= 0.3 is 16.2 Å². The monoisotopic (exact) mass is 272 g/mol. The quantitative estimate of drug-likeness (QED) is 0.849.